The highest BCUT2D eigenvalue weighted by Gasteiger charge is 2.46. The molecular formula is C29H38N2O6S2. The van der Waals surface area contributed by atoms with Crippen LogP contribution < -0.4 is 0 Å². The highest BCUT2D eigenvalue weighted by Crippen LogP contribution is 2.43. The van der Waals surface area contributed by atoms with Crippen molar-refractivity contribution in [2.24, 2.45) is 11.8 Å². The van der Waals surface area contributed by atoms with E-state index in [1.54, 1.807) is 35.7 Å². The summed E-state index contributed by atoms with van der Waals surface area (Å²) in [5.41, 5.74) is -1.53. The Kier molecular flexibility index (Phi) is 8.95. The van der Waals surface area contributed by atoms with Gasteiger partial charge in [-0.05, 0) is 71.3 Å². The van der Waals surface area contributed by atoms with Crippen LogP contribution in [-0.4, -0.2) is 67.6 Å². The lowest BCUT2D eigenvalue weighted by molar-refractivity contribution is -0.153. The quantitative estimate of drug-likeness (QED) is 0.315. The van der Waals surface area contributed by atoms with E-state index in [9.17, 15) is 28.8 Å². The zero-order valence-corrected chi connectivity index (χ0v) is 24.9. The van der Waals surface area contributed by atoms with E-state index < -0.39 is 11.1 Å². The van der Waals surface area contributed by atoms with Crippen LogP contribution in [0.25, 0.3) is 0 Å². The van der Waals surface area contributed by atoms with Crippen LogP contribution in [0.3, 0.4) is 0 Å². The van der Waals surface area contributed by atoms with Crippen LogP contribution in [0.15, 0.2) is 22.0 Å². The number of hydrogen-bond acceptors (Lipinski definition) is 8. The first kappa shape index (κ1) is 29.8. The summed E-state index contributed by atoms with van der Waals surface area (Å²) in [6.45, 7) is 7.29. The number of ketones is 2. The van der Waals surface area contributed by atoms with Gasteiger partial charge < -0.3 is 0 Å². The number of Topliss-reactive ketones (excluding diaryl/α,β-unsaturated/α-hetero) is 2. The number of imide groups is 2. The molecule has 2 saturated heterocycles. The van der Waals surface area contributed by atoms with Crippen LogP contribution in [0.1, 0.15) is 85.5 Å². The van der Waals surface area contributed by atoms with Crippen LogP contribution in [-0.2, 0) is 28.8 Å². The van der Waals surface area contributed by atoms with Gasteiger partial charge in [-0.2, -0.15) is 0 Å². The molecule has 10 heteroatoms. The van der Waals surface area contributed by atoms with Gasteiger partial charge in [0.15, 0.2) is 0 Å². The van der Waals surface area contributed by atoms with Crippen molar-refractivity contribution in [3.05, 3.63) is 22.0 Å². The lowest BCUT2D eigenvalue weighted by atomic mass is 9.88. The largest absolute Gasteiger partial charge is 0.300 e. The number of carbonyl (C=O) groups excluding carboxylic acids is 6. The number of fused-ring (bicyclic) bond motifs is 2. The Bertz CT molecular complexity index is 1070. The summed E-state index contributed by atoms with van der Waals surface area (Å²) in [5, 5.41) is 0. The van der Waals surface area contributed by atoms with Crippen molar-refractivity contribution >= 4 is 58.7 Å². The summed E-state index contributed by atoms with van der Waals surface area (Å²) in [5.74, 6) is 0.261. The van der Waals surface area contributed by atoms with Crippen molar-refractivity contribution in [2.45, 2.75) is 96.6 Å². The van der Waals surface area contributed by atoms with E-state index in [-0.39, 0.29) is 72.7 Å². The normalized spacial score (nSPS) is 23.6. The number of nitrogens with zero attached hydrogens (tertiary/aromatic N) is 2. The lowest BCUT2D eigenvalue weighted by Crippen LogP contribution is -2.54. The monoisotopic (exact) mass is 574 g/mol. The molecule has 0 aliphatic carbocycles. The number of hydrogen-bond donors (Lipinski definition) is 0. The lowest BCUT2D eigenvalue weighted by Gasteiger charge is -2.40. The van der Waals surface area contributed by atoms with Crippen LogP contribution in [0.5, 0.6) is 0 Å². The van der Waals surface area contributed by atoms with E-state index in [1.807, 2.05) is 27.7 Å². The molecule has 2 unspecified atom stereocenters. The summed E-state index contributed by atoms with van der Waals surface area (Å²) >= 11 is 3.13. The molecule has 0 spiro atoms. The molecule has 2 atom stereocenters. The van der Waals surface area contributed by atoms with Crippen molar-refractivity contribution in [3.63, 3.8) is 0 Å². The second-order valence-electron chi connectivity index (χ2n) is 12.1. The predicted octanol–water partition coefficient (Wildman–Crippen LogP) is 4.42. The van der Waals surface area contributed by atoms with E-state index in [0.717, 1.165) is 34.2 Å². The first-order valence-electron chi connectivity index (χ1n) is 13.8. The van der Waals surface area contributed by atoms with E-state index in [0.29, 0.717) is 19.3 Å². The smallest absolute Gasteiger partial charge is 0.254 e. The van der Waals surface area contributed by atoms with Gasteiger partial charge in [0.25, 0.3) is 11.8 Å². The molecule has 8 nitrogen and oxygen atoms in total. The van der Waals surface area contributed by atoms with Crippen LogP contribution >= 0.6 is 23.5 Å². The van der Waals surface area contributed by atoms with Gasteiger partial charge in [0.05, 0.1) is 11.8 Å². The maximum Gasteiger partial charge on any atom is 0.254 e. The van der Waals surface area contributed by atoms with E-state index >= 15 is 0 Å². The van der Waals surface area contributed by atoms with Gasteiger partial charge in [0, 0.05) is 58.7 Å². The minimum absolute atomic E-state index is 0.00213. The number of carbonyl (C=O) groups is 6. The maximum absolute atomic E-state index is 13.0. The molecule has 2 fully saturated rings. The van der Waals surface area contributed by atoms with E-state index in [4.69, 9.17) is 0 Å². The average Bonchev–Trinajstić information content (AvgIpc) is 3.51. The van der Waals surface area contributed by atoms with Gasteiger partial charge in [-0.25, -0.2) is 0 Å². The maximum atomic E-state index is 13.0. The molecule has 0 bridgehead atoms. The van der Waals surface area contributed by atoms with Crippen molar-refractivity contribution in [2.75, 3.05) is 11.5 Å². The second-order valence-corrected chi connectivity index (χ2v) is 14.4. The van der Waals surface area contributed by atoms with Gasteiger partial charge in [-0.15, -0.1) is 23.5 Å². The third kappa shape index (κ3) is 6.42. The first-order chi connectivity index (χ1) is 18.3. The summed E-state index contributed by atoms with van der Waals surface area (Å²) in [6.07, 6.45) is 6.77. The molecule has 4 amide bonds. The highest BCUT2D eigenvalue weighted by atomic mass is 32.2. The van der Waals surface area contributed by atoms with Crippen molar-refractivity contribution in [1.82, 2.24) is 9.80 Å². The van der Waals surface area contributed by atoms with Gasteiger partial charge in [0.2, 0.25) is 11.8 Å². The Morgan fingerprint density at radius 3 is 1.49 bits per heavy atom. The molecule has 4 aliphatic rings. The summed E-state index contributed by atoms with van der Waals surface area (Å²) < 4.78 is 0. The molecule has 4 aliphatic heterocycles. The summed E-state index contributed by atoms with van der Waals surface area (Å²) in [7, 11) is 0. The van der Waals surface area contributed by atoms with Gasteiger partial charge >= 0.3 is 0 Å². The fourth-order valence-electron chi connectivity index (χ4n) is 5.79. The third-order valence-electron chi connectivity index (χ3n) is 8.20. The van der Waals surface area contributed by atoms with Crippen LogP contribution in [0, 0.1) is 11.8 Å². The molecule has 0 N–H and O–H groups in total. The molecule has 0 aromatic heterocycles. The standard InChI is InChI=1S/C29H38N2O6S2/c1-28(2,30-24(34)16-22-20(26(30)36)10-14-38-22)12-8-18(32)6-5-7-19(33)9-13-29(3,4)31-25(35)17-23-21(27(31)37)11-15-39-23/h16-17,20-21H,5-15H2,1-4H3. The minimum atomic E-state index is -0.767. The molecule has 0 saturated carbocycles. The topological polar surface area (TPSA) is 109 Å². The summed E-state index contributed by atoms with van der Waals surface area (Å²) in [4.78, 5) is 80.7. The number of amides is 4. The average molecular weight is 575 g/mol. The van der Waals surface area contributed by atoms with Crippen molar-refractivity contribution in [3.8, 4) is 0 Å². The Balaban J connectivity index is 1.19. The molecule has 4 heterocycles. The zero-order valence-electron chi connectivity index (χ0n) is 23.2. The Morgan fingerprint density at radius 1 is 0.718 bits per heavy atom. The Labute approximate surface area is 238 Å². The van der Waals surface area contributed by atoms with E-state index in [2.05, 4.69) is 0 Å². The molecule has 39 heavy (non-hydrogen) atoms. The van der Waals surface area contributed by atoms with Crippen molar-refractivity contribution in [1.29, 1.82) is 0 Å². The minimum Gasteiger partial charge on any atom is -0.300 e. The van der Waals surface area contributed by atoms with Crippen molar-refractivity contribution < 1.29 is 28.8 Å². The molecule has 0 radical (unpaired) electrons. The fraction of sp³-hybridized carbons (Fsp3) is 0.655. The molecular weight excluding hydrogens is 536 g/mol. The Hall–Kier alpha value is -2.20. The fourth-order valence-corrected chi connectivity index (χ4v) is 8.18. The van der Waals surface area contributed by atoms with Gasteiger partial charge in [-0.1, -0.05) is 0 Å². The predicted molar refractivity (Wildman–Crippen MR) is 151 cm³/mol. The SMILES string of the molecule is CC(C)(CCC(=O)CCCC(=O)CCC(C)(C)N1C(=O)C=C2SCCC2C1=O)N1C(=O)C=C2SCCC2C1=O. The summed E-state index contributed by atoms with van der Waals surface area (Å²) in [6, 6.07) is 0. The highest BCUT2D eigenvalue weighted by molar-refractivity contribution is 8.03. The second kappa shape index (κ2) is 11.7. The number of rotatable bonds is 12. The van der Waals surface area contributed by atoms with E-state index in [1.165, 1.54) is 9.80 Å². The van der Waals surface area contributed by atoms with Crippen LogP contribution in [0.2, 0.25) is 0 Å². The molecule has 0 aromatic rings. The third-order valence-corrected chi connectivity index (χ3v) is 10.6. The van der Waals surface area contributed by atoms with Crippen LogP contribution in [0.4, 0.5) is 0 Å². The van der Waals surface area contributed by atoms with Gasteiger partial charge in [-0.3, -0.25) is 38.6 Å². The van der Waals surface area contributed by atoms with Gasteiger partial charge in [0.1, 0.15) is 11.6 Å². The molecule has 212 valence electrons. The zero-order chi connectivity index (χ0) is 28.5. The molecule has 4 rings (SSSR count). The number of thioether (sulfide) groups is 2. The molecule has 0 aromatic carbocycles. The first-order valence-corrected chi connectivity index (χ1v) is 15.8. The Morgan fingerprint density at radius 2 is 1.10 bits per heavy atom.